The van der Waals surface area contributed by atoms with E-state index in [-0.39, 0.29) is 17.7 Å². The third-order valence-corrected chi connectivity index (χ3v) is 3.99. The van der Waals surface area contributed by atoms with Crippen LogP contribution in [-0.4, -0.2) is 36.1 Å². The number of carbonyl (C=O) groups is 1. The van der Waals surface area contributed by atoms with Crippen LogP contribution in [0.25, 0.3) is 0 Å². The third-order valence-electron chi connectivity index (χ3n) is 3.99. The van der Waals surface area contributed by atoms with E-state index in [1.807, 2.05) is 13.8 Å². The van der Waals surface area contributed by atoms with Crippen molar-refractivity contribution in [1.82, 2.24) is 5.32 Å². The number of nitro groups is 1. The highest BCUT2D eigenvalue weighted by atomic mass is 16.6. The molecular weight excluding hydrogens is 274 g/mol. The number of nitrogens with zero attached hydrogens (tertiary/aromatic N) is 1. The molecule has 1 heterocycles. The van der Waals surface area contributed by atoms with E-state index < -0.39 is 10.5 Å². The van der Waals surface area contributed by atoms with E-state index in [4.69, 9.17) is 4.74 Å². The van der Waals surface area contributed by atoms with Crippen molar-refractivity contribution in [3.63, 3.8) is 0 Å². The van der Waals surface area contributed by atoms with E-state index >= 15 is 0 Å². The molecular formula is C14H19N3O4. The van der Waals surface area contributed by atoms with Gasteiger partial charge in [-0.05, 0) is 32.4 Å². The largest absolute Gasteiger partial charge is 0.376 e. The zero-order chi connectivity index (χ0) is 15.6. The Morgan fingerprint density at radius 3 is 2.76 bits per heavy atom. The topological polar surface area (TPSA) is 93.5 Å². The van der Waals surface area contributed by atoms with Crippen LogP contribution < -0.4 is 10.6 Å². The van der Waals surface area contributed by atoms with E-state index in [0.29, 0.717) is 17.9 Å². The fraction of sp³-hybridized carbons (Fsp3) is 0.500. The van der Waals surface area contributed by atoms with Gasteiger partial charge in [0, 0.05) is 25.3 Å². The van der Waals surface area contributed by atoms with Gasteiger partial charge in [0.15, 0.2) is 0 Å². The Hall–Kier alpha value is -2.15. The molecule has 7 nitrogen and oxygen atoms in total. The molecule has 114 valence electrons. The minimum Gasteiger partial charge on any atom is -0.376 e. The summed E-state index contributed by atoms with van der Waals surface area (Å²) in [5.41, 5.74) is 0.260. The summed E-state index contributed by atoms with van der Waals surface area (Å²) in [6.07, 6.45) is 0.677. The fourth-order valence-electron chi connectivity index (χ4n) is 2.39. The molecule has 0 saturated carbocycles. The van der Waals surface area contributed by atoms with Crippen LogP contribution >= 0.6 is 0 Å². The summed E-state index contributed by atoms with van der Waals surface area (Å²) in [7, 11) is 1.52. The van der Waals surface area contributed by atoms with E-state index in [0.717, 1.165) is 6.42 Å². The van der Waals surface area contributed by atoms with Crippen LogP contribution in [0.2, 0.25) is 0 Å². The smallest absolute Gasteiger partial charge is 0.292 e. The average Bonchev–Trinajstić information content (AvgIpc) is 2.77. The summed E-state index contributed by atoms with van der Waals surface area (Å²) in [4.78, 5) is 22.4. The molecule has 21 heavy (non-hydrogen) atoms. The number of amides is 1. The number of ether oxygens (including phenoxy) is 1. The second kappa shape index (κ2) is 5.69. The van der Waals surface area contributed by atoms with Gasteiger partial charge in [0.1, 0.15) is 5.69 Å². The number of carbonyl (C=O) groups excluding carboxylic acids is 1. The molecule has 0 bridgehead atoms. The SMILES string of the molecule is CNC(=O)c1ccc([N+](=O)[O-])c(NC2(C)CCOC2C)c1. The first-order valence-electron chi connectivity index (χ1n) is 6.77. The van der Waals surface area contributed by atoms with Crippen molar-refractivity contribution in [3.05, 3.63) is 33.9 Å². The molecule has 2 rings (SSSR count). The summed E-state index contributed by atoms with van der Waals surface area (Å²) in [6.45, 7) is 4.49. The number of nitro benzene ring substituents is 1. The van der Waals surface area contributed by atoms with E-state index in [2.05, 4.69) is 10.6 Å². The highest BCUT2D eigenvalue weighted by Gasteiger charge is 2.38. The minimum atomic E-state index is -0.459. The Morgan fingerprint density at radius 1 is 1.52 bits per heavy atom. The van der Waals surface area contributed by atoms with Gasteiger partial charge in [-0.3, -0.25) is 14.9 Å². The lowest BCUT2D eigenvalue weighted by Gasteiger charge is -2.30. The number of benzene rings is 1. The zero-order valence-corrected chi connectivity index (χ0v) is 12.3. The quantitative estimate of drug-likeness (QED) is 0.653. The summed E-state index contributed by atoms with van der Waals surface area (Å²) < 4.78 is 5.53. The molecule has 1 saturated heterocycles. The Labute approximate surface area is 122 Å². The van der Waals surface area contributed by atoms with Crippen molar-refractivity contribution in [2.75, 3.05) is 19.0 Å². The fourth-order valence-corrected chi connectivity index (χ4v) is 2.39. The normalized spacial score (nSPS) is 24.6. The van der Waals surface area contributed by atoms with Gasteiger partial charge < -0.3 is 15.4 Å². The first-order chi connectivity index (χ1) is 9.87. The molecule has 2 atom stereocenters. The molecule has 0 spiro atoms. The summed E-state index contributed by atoms with van der Waals surface area (Å²) in [5, 5.41) is 16.9. The molecule has 0 aromatic heterocycles. The minimum absolute atomic E-state index is 0.0528. The van der Waals surface area contributed by atoms with Gasteiger partial charge in [-0.15, -0.1) is 0 Å². The first kappa shape index (κ1) is 15.2. The van der Waals surface area contributed by atoms with Crippen LogP contribution in [0.5, 0.6) is 0 Å². The molecule has 1 fully saturated rings. The highest BCUT2D eigenvalue weighted by molar-refractivity contribution is 5.95. The predicted octanol–water partition coefficient (Wildman–Crippen LogP) is 1.93. The van der Waals surface area contributed by atoms with Crippen molar-refractivity contribution >= 4 is 17.3 Å². The number of hydrogen-bond acceptors (Lipinski definition) is 5. The van der Waals surface area contributed by atoms with Crippen molar-refractivity contribution in [2.24, 2.45) is 0 Å². The Balaban J connectivity index is 2.39. The van der Waals surface area contributed by atoms with Gasteiger partial charge in [-0.25, -0.2) is 0 Å². The number of hydrogen-bond donors (Lipinski definition) is 2. The monoisotopic (exact) mass is 293 g/mol. The van der Waals surface area contributed by atoms with Crippen molar-refractivity contribution in [1.29, 1.82) is 0 Å². The van der Waals surface area contributed by atoms with Gasteiger partial charge in [0.05, 0.1) is 16.6 Å². The van der Waals surface area contributed by atoms with E-state index in [9.17, 15) is 14.9 Å². The summed E-state index contributed by atoms with van der Waals surface area (Å²) in [6, 6.07) is 4.29. The second-order valence-corrected chi connectivity index (χ2v) is 5.37. The predicted molar refractivity (Wildman–Crippen MR) is 78.5 cm³/mol. The number of anilines is 1. The number of rotatable bonds is 4. The molecule has 1 aliphatic rings. The second-order valence-electron chi connectivity index (χ2n) is 5.37. The van der Waals surface area contributed by atoms with Crippen LogP contribution in [0.3, 0.4) is 0 Å². The molecule has 2 N–H and O–H groups in total. The Kier molecular flexibility index (Phi) is 4.13. The summed E-state index contributed by atoms with van der Waals surface area (Å²) in [5.74, 6) is -0.283. The molecule has 0 aliphatic carbocycles. The van der Waals surface area contributed by atoms with E-state index in [1.165, 1.54) is 25.2 Å². The van der Waals surface area contributed by atoms with Gasteiger partial charge in [0.25, 0.3) is 11.6 Å². The third kappa shape index (κ3) is 2.97. The number of nitrogens with one attached hydrogen (secondary N) is 2. The van der Waals surface area contributed by atoms with Crippen LogP contribution in [0.4, 0.5) is 11.4 Å². The van der Waals surface area contributed by atoms with Crippen LogP contribution in [-0.2, 0) is 4.74 Å². The standard InChI is InChI=1S/C14H19N3O4/c1-9-14(2,6-7-21-9)16-11-8-10(13(18)15-3)4-5-12(11)17(19)20/h4-5,8-9,16H,6-7H2,1-3H3,(H,15,18). The first-order valence-corrected chi connectivity index (χ1v) is 6.77. The lowest BCUT2D eigenvalue weighted by Crippen LogP contribution is -2.41. The molecule has 0 radical (unpaired) electrons. The van der Waals surface area contributed by atoms with Crippen molar-refractivity contribution in [3.8, 4) is 0 Å². The van der Waals surface area contributed by atoms with Crippen LogP contribution in [0.15, 0.2) is 18.2 Å². The van der Waals surface area contributed by atoms with Crippen molar-refractivity contribution in [2.45, 2.75) is 31.9 Å². The highest BCUT2D eigenvalue weighted by Crippen LogP contribution is 2.34. The van der Waals surface area contributed by atoms with Gasteiger partial charge in [-0.1, -0.05) is 0 Å². The van der Waals surface area contributed by atoms with Crippen LogP contribution in [0, 0.1) is 10.1 Å². The van der Waals surface area contributed by atoms with Crippen LogP contribution in [0.1, 0.15) is 30.6 Å². The summed E-state index contributed by atoms with van der Waals surface area (Å²) >= 11 is 0. The maximum atomic E-state index is 11.7. The lowest BCUT2D eigenvalue weighted by molar-refractivity contribution is -0.384. The van der Waals surface area contributed by atoms with E-state index in [1.54, 1.807) is 0 Å². The molecule has 7 heteroatoms. The molecule has 2 unspecified atom stereocenters. The van der Waals surface area contributed by atoms with Gasteiger partial charge >= 0.3 is 0 Å². The molecule has 1 aromatic rings. The Morgan fingerprint density at radius 2 is 2.24 bits per heavy atom. The van der Waals surface area contributed by atoms with Crippen molar-refractivity contribution < 1.29 is 14.5 Å². The molecule has 1 aromatic carbocycles. The molecule has 1 amide bonds. The lowest BCUT2D eigenvalue weighted by atomic mass is 9.94. The maximum Gasteiger partial charge on any atom is 0.292 e. The molecule has 1 aliphatic heterocycles. The Bertz CT molecular complexity index is 575. The van der Waals surface area contributed by atoms with Gasteiger partial charge in [0.2, 0.25) is 0 Å². The average molecular weight is 293 g/mol. The zero-order valence-electron chi connectivity index (χ0n) is 12.3. The van der Waals surface area contributed by atoms with Gasteiger partial charge in [-0.2, -0.15) is 0 Å². The maximum absolute atomic E-state index is 11.7.